The first-order chi connectivity index (χ1) is 14.1. The fourth-order valence-electron chi connectivity index (χ4n) is 3.54. The SMILES string of the molecule is COc1nc(CC(=O)Nc2nnc(C3CCCC(Cc4nnc(N)s4)C3)s2)cs1. The summed E-state index contributed by atoms with van der Waals surface area (Å²) >= 11 is 4.29. The molecule has 12 heteroatoms. The van der Waals surface area contributed by atoms with Gasteiger partial charge in [-0.25, -0.2) is 4.98 Å². The maximum atomic E-state index is 12.3. The van der Waals surface area contributed by atoms with Crippen LogP contribution in [0.3, 0.4) is 0 Å². The molecule has 0 radical (unpaired) electrons. The summed E-state index contributed by atoms with van der Waals surface area (Å²) in [5, 5.41) is 24.8. The van der Waals surface area contributed by atoms with E-state index in [0.29, 0.717) is 33.0 Å². The number of carbonyl (C=O) groups is 1. The second kappa shape index (κ2) is 9.09. The number of methoxy groups -OCH3 is 1. The predicted molar refractivity (Wildman–Crippen MR) is 114 cm³/mol. The maximum absolute atomic E-state index is 12.3. The largest absolute Gasteiger partial charge is 0.473 e. The Hall–Kier alpha value is -2.18. The van der Waals surface area contributed by atoms with Crippen LogP contribution in [0.5, 0.6) is 5.19 Å². The minimum absolute atomic E-state index is 0.156. The number of nitrogens with two attached hydrogens (primary N) is 1. The number of anilines is 2. The van der Waals surface area contributed by atoms with E-state index in [-0.39, 0.29) is 12.3 Å². The van der Waals surface area contributed by atoms with E-state index < -0.39 is 0 Å². The van der Waals surface area contributed by atoms with Crippen LogP contribution < -0.4 is 15.8 Å². The van der Waals surface area contributed by atoms with Crippen LogP contribution in [0, 0.1) is 5.92 Å². The number of amides is 1. The molecule has 4 rings (SSSR count). The number of ether oxygens (including phenoxy) is 1. The van der Waals surface area contributed by atoms with Crippen LogP contribution in [0.25, 0.3) is 0 Å². The van der Waals surface area contributed by atoms with Crippen molar-refractivity contribution in [2.45, 2.75) is 44.4 Å². The Labute approximate surface area is 179 Å². The van der Waals surface area contributed by atoms with Crippen LogP contribution in [-0.4, -0.2) is 38.4 Å². The lowest BCUT2D eigenvalue weighted by Crippen LogP contribution is -2.16. The normalized spacial score (nSPS) is 19.2. The molecule has 154 valence electrons. The quantitative estimate of drug-likeness (QED) is 0.560. The lowest BCUT2D eigenvalue weighted by atomic mass is 9.80. The second-order valence-electron chi connectivity index (χ2n) is 6.95. The zero-order valence-electron chi connectivity index (χ0n) is 15.8. The van der Waals surface area contributed by atoms with Crippen LogP contribution in [-0.2, 0) is 17.6 Å². The van der Waals surface area contributed by atoms with Crippen molar-refractivity contribution in [1.82, 2.24) is 25.4 Å². The van der Waals surface area contributed by atoms with Gasteiger partial charge < -0.3 is 15.8 Å². The van der Waals surface area contributed by atoms with E-state index in [1.54, 1.807) is 7.11 Å². The highest BCUT2D eigenvalue weighted by atomic mass is 32.1. The molecular weight excluding hydrogens is 430 g/mol. The van der Waals surface area contributed by atoms with E-state index in [1.165, 1.54) is 40.4 Å². The summed E-state index contributed by atoms with van der Waals surface area (Å²) in [4.78, 5) is 16.5. The number of carbonyl (C=O) groups excluding carboxylic acids is 1. The Kier molecular flexibility index (Phi) is 6.31. The average Bonchev–Trinajstić information content (AvgIpc) is 3.44. The molecular formula is C17H21N7O2S3. The van der Waals surface area contributed by atoms with Gasteiger partial charge in [0.05, 0.1) is 19.2 Å². The van der Waals surface area contributed by atoms with Gasteiger partial charge in [0.25, 0.3) is 5.19 Å². The molecule has 1 fully saturated rings. The molecule has 0 aliphatic heterocycles. The van der Waals surface area contributed by atoms with Gasteiger partial charge in [-0.05, 0) is 25.2 Å². The molecule has 2 atom stereocenters. The number of rotatable bonds is 7. The summed E-state index contributed by atoms with van der Waals surface area (Å²) in [6.45, 7) is 0. The van der Waals surface area contributed by atoms with Gasteiger partial charge in [-0.3, -0.25) is 4.79 Å². The van der Waals surface area contributed by atoms with Crippen LogP contribution >= 0.6 is 34.0 Å². The Morgan fingerprint density at radius 3 is 2.93 bits per heavy atom. The van der Waals surface area contributed by atoms with Crippen molar-refractivity contribution in [3.63, 3.8) is 0 Å². The molecule has 9 nitrogen and oxygen atoms in total. The smallest absolute Gasteiger partial charge is 0.273 e. The third-order valence-electron chi connectivity index (χ3n) is 4.81. The molecule has 1 saturated carbocycles. The number of nitrogens with one attached hydrogen (secondary N) is 1. The van der Waals surface area contributed by atoms with E-state index in [2.05, 4.69) is 30.7 Å². The standard InChI is InChI=1S/C17H21N7O2S3/c1-26-17-19-11(8-27-17)7-12(25)20-16-24-22-14(29-16)10-4-2-3-9(5-10)6-13-21-23-15(18)28-13/h8-10H,2-7H2,1H3,(H2,18,23)(H,20,24,25). The van der Waals surface area contributed by atoms with Crippen molar-refractivity contribution in [2.24, 2.45) is 5.92 Å². The molecule has 0 spiro atoms. The van der Waals surface area contributed by atoms with Crippen molar-refractivity contribution < 1.29 is 9.53 Å². The Morgan fingerprint density at radius 2 is 2.17 bits per heavy atom. The van der Waals surface area contributed by atoms with Gasteiger partial charge in [0.15, 0.2) is 0 Å². The molecule has 29 heavy (non-hydrogen) atoms. The van der Waals surface area contributed by atoms with Gasteiger partial charge in [0.2, 0.25) is 16.2 Å². The number of aromatic nitrogens is 5. The molecule has 2 unspecified atom stereocenters. The number of hydrogen-bond acceptors (Lipinski definition) is 11. The predicted octanol–water partition coefficient (Wildman–Crippen LogP) is 3.13. The van der Waals surface area contributed by atoms with Crippen LogP contribution in [0.2, 0.25) is 0 Å². The van der Waals surface area contributed by atoms with E-state index in [1.807, 2.05) is 5.38 Å². The Morgan fingerprint density at radius 1 is 1.28 bits per heavy atom. The summed E-state index contributed by atoms with van der Waals surface area (Å²) < 4.78 is 5.05. The minimum Gasteiger partial charge on any atom is -0.473 e. The van der Waals surface area contributed by atoms with E-state index >= 15 is 0 Å². The third kappa shape index (κ3) is 5.25. The van der Waals surface area contributed by atoms with Crippen LogP contribution in [0.1, 0.15) is 47.3 Å². The molecule has 1 aliphatic rings. The van der Waals surface area contributed by atoms with Crippen molar-refractivity contribution in [1.29, 1.82) is 0 Å². The summed E-state index contributed by atoms with van der Waals surface area (Å²) in [7, 11) is 1.56. The molecule has 1 amide bonds. The molecule has 1 aliphatic carbocycles. The summed E-state index contributed by atoms with van der Waals surface area (Å²) in [5.41, 5.74) is 6.37. The first kappa shape index (κ1) is 20.1. The molecule has 0 saturated heterocycles. The van der Waals surface area contributed by atoms with Crippen molar-refractivity contribution in [3.05, 3.63) is 21.1 Å². The highest BCUT2D eigenvalue weighted by Gasteiger charge is 2.27. The number of thiazole rings is 1. The van der Waals surface area contributed by atoms with E-state index in [4.69, 9.17) is 10.5 Å². The van der Waals surface area contributed by atoms with Gasteiger partial charge in [-0.15, -0.1) is 20.4 Å². The van der Waals surface area contributed by atoms with Gasteiger partial charge >= 0.3 is 0 Å². The zero-order chi connectivity index (χ0) is 20.2. The highest BCUT2D eigenvalue weighted by Crippen LogP contribution is 2.39. The van der Waals surface area contributed by atoms with Gasteiger partial charge in [-0.2, -0.15) is 0 Å². The first-order valence-corrected chi connectivity index (χ1v) is 11.8. The number of nitrogens with zero attached hydrogens (tertiary/aromatic N) is 5. The lowest BCUT2D eigenvalue weighted by molar-refractivity contribution is -0.115. The fraction of sp³-hybridized carbons (Fsp3) is 0.529. The lowest BCUT2D eigenvalue weighted by Gasteiger charge is -2.26. The average molecular weight is 452 g/mol. The molecule has 3 heterocycles. The molecule has 0 aromatic carbocycles. The monoisotopic (exact) mass is 451 g/mol. The Balaban J connectivity index is 1.32. The van der Waals surface area contributed by atoms with Crippen LogP contribution in [0.15, 0.2) is 5.38 Å². The maximum Gasteiger partial charge on any atom is 0.273 e. The molecule has 0 bridgehead atoms. The number of nitrogen functional groups attached to an aromatic ring is 1. The first-order valence-electron chi connectivity index (χ1n) is 9.28. The summed E-state index contributed by atoms with van der Waals surface area (Å²) in [6, 6.07) is 0. The van der Waals surface area contributed by atoms with Gasteiger partial charge in [0.1, 0.15) is 10.0 Å². The molecule has 3 N–H and O–H groups in total. The third-order valence-corrected chi connectivity index (χ3v) is 7.44. The topological polar surface area (TPSA) is 129 Å². The number of hydrogen-bond donors (Lipinski definition) is 2. The minimum atomic E-state index is -0.156. The highest BCUT2D eigenvalue weighted by molar-refractivity contribution is 7.15. The van der Waals surface area contributed by atoms with Gasteiger partial charge in [0, 0.05) is 17.7 Å². The molecule has 3 aromatic heterocycles. The Bertz CT molecular complexity index is 970. The van der Waals surface area contributed by atoms with Gasteiger partial charge in [-0.1, -0.05) is 40.4 Å². The van der Waals surface area contributed by atoms with E-state index in [9.17, 15) is 4.79 Å². The van der Waals surface area contributed by atoms with Crippen molar-refractivity contribution in [3.8, 4) is 5.19 Å². The molecule has 3 aromatic rings. The summed E-state index contributed by atoms with van der Waals surface area (Å²) in [5.74, 6) is 0.753. The van der Waals surface area contributed by atoms with Crippen LogP contribution in [0.4, 0.5) is 10.3 Å². The second-order valence-corrected chi connectivity index (χ2v) is 9.87. The summed E-state index contributed by atoms with van der Waals surface area (Å²) in [6.07, 6.45) is 5.55. The fourth-order valence-corrected chi connectivity index (χ4v) is 5.81. The van der Waals surface area contributed by atoms with E-state index in [0.717, 1.165) is 35.7 Å². The van der Waals surface area contributed by atoms with Crippen molar-refractivity contribution >= 4 is 50.2 Å². The zero-order valence-corrected chi connectivity index (χ0v) is 18.3. The van der Waals surface area contributed by atoms with Crippen molar-refractivity contribution in [2.75, 3.05) is 18.2 Å².